The molecule has 28 heavy (non-hydrogen) atoms. The summed E-state index contributed by atoms with van der Waals surface area (Å²) in [6, 6.07) is 5.98. The number of esters is 1. The molecule has 152 valence electrons. The van der Waals surface area contributed by atoms with Crippen LogP contribution in [0.4, 0.5) is 0 Å². The summed E-state index contributed by atoms with van der Waals surface area (Å²) < 4.78 is 32.4. The van der Waals surface area contributed by atoms with Crippen molar-refractivity contribution in [2.75, 3.05) is 13.1 Å². The third-order valence-corrected chi connectivity index (χ3v) is 7.32. The van der Waals surface area contributed by atoms with Crippen molar-refractivity contribution in [1.29, 1.82) is 0 Å². The number of Topliss-reactive ketones (excluding diaryl/α,β-unsaturated/α-hetero) is 2. The highest BCUT2D eigenvalue weighted by molar-refractivity contribution is 7.89. The lowest BCUT2D eigenvalue weighted by molar-refractivity contribution is -0.161. The summed E-state index contributed by atoms with van der Waals surface area (Å²) in [6.45, 7) is 1.79. The van der Waals surface area contributed by atoms with Gasteiger partial charge in [-0.15, -0.1) is 0 Å². The van der Waals surface area contributed by atoms with Gasteiger partial charge in [0.15, 0.2) is 17.7 Å². The molecule has 1 atom stereocenters. The van der Waals surface area contributed by atoms with E-state index in [2.05, 4.69) is 0 Å². The number of hydrogen-bond acceptors (Lipinski definition) is 6. The second-order valence-electron chi connectivity index (χ2n) is 7.40. The van der Waals surface area contributed by atoms with Crippen LogP contribution in [0, 0.1) is 5.92 Å². The Morgan fingerprint density at radius 2 is 1.82 bits per heavy atom. The first kappa shape index (κ1) is 20.7. The van der Waals surface area contributed by atoms with E-state index < -0.39 is 28.0 Å². The largest absolute Gasteiger partial charge is 0.454 e. The fourth-order valence-electron chi connectivity index (χ4n) is 3.67. The van der Waals surface area contributed by atoms with Crippen LogP contribution >= 0.6 is 0 Å². The molecule has 0 unspecified atom stereocenters. The van der Waals surface area contributed by atoms with Crippen LogP contribution in [-0.2, 0) is 24.3 Å². The molecule has 0 spiro atoms. The maximum Gasteiger partial charge on any atom is 0.309 e. The van der Waals surface area contributed by atoms with Crippen molar-refractivity contribution in [1.82, 2.24) is 4.31 Å². The van der Waals surface area contributed by atoms with Crippen LogP contribution in [0.5, 0.6) is 0 Å². The number of hydrogen-bond donors (Lipinski definition) is 0. The number of rotatable bonds is 5. The number of carbonyl (C=O) groups excluding carboxylic acids is 3. The van der Waals surface area contributed by atoms with Crippen molar-refractivity contribution in [3.63, 3.8) is 0 Å². The summed E-state index contributed by atoms with van der Waals surface area (Å²) in [5.41, 5.74) is 0.344. The van der Waals surface area contributed by atoms with E-state index in [1.165, 1.54) is 23.4 Å². The predicted octanol–water partition coefficient (Wildman–Crippen LogP) is 2.34. The smallest absolute Gasteiger partial charge is 0.309 e. The van der Waals surface area contributed by atoms with Crippen LogP contribution in [0.2, 0.25) is 0 Å². The molecule has 0 aromatic heterocycles. The minimum atomic E-state index is -3.73. The molecule has 1 aliphatic heterocycles. The van der Waals surface area contributed by atoms with E-state index in [4.69, 9.17) is 4.74 Å². The number of ketones is 2. The highest BCUT2D eigenvalue weighted by Gasteiger charge is 2.35. The second kappa shape index (κ2) is 8.53. The fraction of sp³-hybridized carbons (Fsp3) is 0.550. The number of sulfonamides is 1. The molecule has 2 aliphatic rings. The molecule has 0 bridgehead atoms. The molecule has 1 saturated carbocycles. The average Bonchev–Trinajstić information content (AvgIpc) is 2.70. The van der Waals surface area contributed by atoms with Crippen LogP contribution < -0.4 is 0 Å². The van der Waals surface area contributed by atoms with Crippen molar-refractivity contribution < 1.29 is 27.5 Å². The number of benzene rings is 1. The zero-order valence-corrected chi connectivity index (χ0v) is 16.7. The summed E-state index contributed by atoms with van der Waals surface area (Å²) >= 11 is 0. The van der Waals surface area contributed by atoms with E-state index in [1.54, 1.807) is 12.1 Å². The molecule has 0 N–H and O–H groups in total. The lowest BCUT2D eigenvalue weighted by atomic mass is 9.95. The Labute approximate surface area is 165 Å². The third-order valence-electron chi connectivity index (χ3n) is 5.42. The van der Waals surface area contributed by atoms with Gasteiger partial charge in [0.05, 0.1) is 10.8 Å². The van der Waals surface area contributed by atoms with Gasteiger partial charge < -0.3 is 4.74 Å². The van der Waals surface area contributed by atoms with Gasteiger partial charge in [0, 0.05) is 25.1 Å². The normalized spacial score (nSPS) is 22.0. The van der Waals surface area contributed by atoms with E-state index >= 15 is 0 Å². The standard InChI is InChI=1S/C20H25NO6S/c1-14(22)16-5-4-6-17(13-16)28(25,26)21-11-9-15(10-12-21)20(24)27-19-8-3-2-7-18(19)23/h4-6,13,15,19H,2-3,7-12H2,1H3/t19-/m0/s1. The summed E-state index contributed by atoms with van der Waals surface area (Å²) in [6.07, 6.45) is 2.81. The molecule has 1 heterocycles. The molecule has 1 aliphatic carbocycles. The summed E-state index contributed by atoms with van der Waals surface area (Å²) in [5, 5.41) is 0. The molecule has 7 nitrogen and oxygen atoms in total. The first-order valence-corrected chi connectivity index (χ1v) is 11.1. The first-order chi connectivity index (χ1) is 13.3. The molecular weight excluding hydrogens is 382 g/mol. The Morgan fingerprint density at radius 1 is 1.11 bits per heavy atom. The zero-order chi connectivity index (χ0) is 20.3. The molecule has 8 heteroatoms. The van der Waals surface area contributed by atoms with E-state index in [9.17, 15) is 22.8 Å². The maximum atomic E-state index is 12.9. The SMILES string of the molecule is CC(=O)c1cccc(S(=O)(=O)N2CCC(C(=O)O[C@H]3CCCCC3=O)CC2)c1. The molecule has 1 saturated heterocycles. The van der Waals surface area contributed by atoms with E-state index in [-0.39, 0.29) is 29.6 Å². The minimum Gasteiger partial charge on any atom is -0.454 e. The lowest BCUT2D eigenvalue weighted by Crippen LogP contribution is -2.42. The first-order valence-electron chi connectivity index (χ1n) is 9.63. The lowest BCUT2D eigenvalue weighted by Gasteiger charge is -2.31. The fourth-order valence-corrected chi connectivity index (χ4v) is 5.18. The van der Waals surface area contributed by atoms with Crippen molar-refractivity contribution in [2.45, 2.75) is 56.4 Å². The summed E-state index contributed by atoms with van der Waals surface area (Å²) in [7, 11) is -3.73. The van der Waals surface area contributed by atoms with Gasteiger partial charge in [-0.3, -0.25) is 14.4 Å². The zero-order valence-electron chi connectivity index (χ0n) is 15.9. The number of nitrogens with zero attached hydrogens (tertiary/aromatic N) is 1. The molecule has 3 rings (SSSR count). The maximum absolute atomic E-state index is 12.9. The van der Waals surface area contributed by atoms with Crippen LogP contribution in [-0.4, -0.2) is 49.5 Å². The van der Waals surface area contributed by atoms with Crippen molar-refractivity contribution in [3.8, 4) is 0 Å². The summed E-state index contributed by atoms with van der Waals surface area (Å²) in [4.78, 5) is 35.8. The van der Waals surface area contributed by atoms with E-state index in [0.717, 1.165) is 12.8 Å². The molecule has 2 fully saturated rings. The van der Waals surface area contributed by atoms with Gasteiger partial charge in [-0.05, 0) is 51.2 Å². The van der Waals surface area contributed by atoms with Crippen molar-refractivity contribution in [2.24, 2.45) is 5.92 Å². The van der Waals surface area contributed by atoms with Gasteiger partial charge >= 0.3 is 5.97 Å². The van der Waals surface area contributed by atoms with Gasteiger partial charge in [0.1, 0.15) is 0 Å². The topological polar surface area (TPSA) is 97.8 Å². The molecular formula is C20H25NO6S. The Hall–Kier alpha value is -2.06. The van der Waals surface area contributed by atoms with E-state index in [1.807, 2.05) is 0 Å². The Morgan fingerprint density at radius 3 is 2.46 bits per heavy atom. The van der Waals surface area contributed by atoms with Crippen molar-refractivity contribution in [3.05, 3.63) is 29.8 Å². The van der Waals surface area contributed by atoms with Crippen LogP contribution in [0.15, 0.2) is 29.2 Å². The predicted molar refractivity (Wildman–Crippen MR) is 101 cm³/mol. The van der Waals surface area contributed by atoms with Gasteiger partial charge in [-0.25, -0.2) is 8.42 Å². The van der Waals surface area contributed by atoms with Gasteiger partial charge in [0.25, 0.3) is 0 Å². The Bertz CT molecular complexity index is 870. The van der Waals surface area contributed by atoms with Crippen LogP contribution in [0.25, 0.3) is 0 Å². The molecule has 0 amide bonds. The third kappa shape index (κ3) is 4.50. The molecule has 0 radical (unpaired) electrons. The molecule has 1 aromatic carbocycles. The van der Waals surface area contributed by atoms with E-state index in [0.29, 0.717) is 31.2 Å². The van der Waals surface area contributed by atoms with Crippen molar-refractivity contribution >= 4 is 27.6 Å². The quantitative estimate of drug-likeness (QED) is 0.549. The average molecular weight is 407 g/mol. The van der Waals surface area contributed by atoms with Crippen LogP contribution in [0.1, 0.15) is 55.8 Å². The second-order valence-corrected chi connectivity index (χ2v) is 9.34. The molecule has 1 aromatic rings. The number of ether oxygens (including phenoxy) is 1. The van der Waals surface area contributed by atoms with Gasteiger partial charge in [0.2, 0.25) is 10.0 Å². The number of piperidine rings is 1. The highest BCUT2D eigenvalue weighted by atomic mass is 32.2. The Balaban J connectivity index is 1.61. The van der Waals surface area contributed by atoms with Crippen LogP contribution in [0.3, 0.4) is 0 Å². The monoisotopic (exact) mass is 407 g/mol. The summed E-state index contributed by atoms with van der Waals surface area (Å²) in [5.74, 6) is -1.03. The van der Waals surface area contributed by atoms with Gasteiger partial charge in [-0.1, -0.05) is 12.1 Å². The number of carbonyl (C=O) groups is 3. The van der Waals surface area contributed by atoms with Gasteiger partial charge in [-0.2, -0.15) is 4.31 Å². The Kier molecular flexibility index (Phi) is 6.30. The highest BCUT2D eigenvalue weighted by Crippen LogP contribution is 2.27. The minimum absolute atomic E-state index is 0.0232.